The maximum Gasteiger partial charge on any atom is 0.338 e. The highest BCUT2D eigenvalue weighted by Crippen LogP contribution is 2.14. The van der Waals surface area contributed by atoms with E-state index in [1.165, 1.54) is 6.07 Å². The highest BCUT2D eigenvalue weighted by Gasteiger charge is 2.07. The number of hydrogen-bond donors (Lipinski definition) is 2. The van der Waals surface area contributed by atoms with Gasteiger partial charge in [0, 0.05) is 5.69 Å². The molecule has 0 aliphatic rings. The lowest BCUT2D eigenvalue weighted by molar-refractivity contribution is 0.0526. The van der Waals surface area contributed by atoms with Crippen molar-refractivity contribution in [2.45, 2.75) is 6.92 Å². The second-order valence-electron chi connectivity index (χ2n) is 4.36. The third-order valence-corrected chi connectivity index (χ3v) is 2.98. The summed E-state index contributed by atoms with van der Waals surface area (Å²) < 4.78 is 18.4. The van der Waals surface area contributed by atoms with E-state index in [2.05, 4.69) is 10.6 Å². The number of anilines is 2. The smallest absolute Gasteiger partial charge is 0.338 e. The summed E-state index contributed by atoms with van der Waals surface area (Å²) in [6.45, 7) is 2.08. The van der Waals surface area contributed by atoms with Crippen LogP contribution in [0.15, 0.2) is 48.5 Å². The molecule has 114 valence electrons. The maximum absolute atomic E-state index is 13.5. The third-order valence-electron chi connectivity index (χ3n) is 2.78. The van der Waals surface area contributed by atoms with Crippen molar-refractivity contribution in [3.8, 4) is 0 Å². The highest BCUT2D eigenvalue weighted by molar-refractivity contribution is 7.80. The third kappa shape index (κ3) is 4.26. The average Bonchev–Trinajstić information content (AvgIpc) is 2.50. The molecule has 0 amide bonds. The Kier molecular flexibility index (Phi) is 5.43. The highest BCUT2D eigenvalue weighted by atomic mass is 32.1. The summed E-state index contributed by atoms with van der Waals surface area (Å²) in [5.41, 5.74) is 1.44. The fraction of sp³-hybridized carbons (Fsp3) is 0.125. The zero-order valence-corrected chi connectivity index (χ0v) is 12.7. The van der Waals surface area contributed by atoms with Crippen molar-refractivity contribution in [1.29, 1.82) is 0 Å². The lowest BCUT2D eigenvalue weighted by Gasteiger charge is -2.11. The van der Waals surface area contributed by atoms with Crippen LogP contribution < -0.4 is 10.6 Å². The van der Waals surface area contributed by atoms with E-state index in [1.807, 2.05) is 0 Å². The molecule has 0 aliphatic heterocycles. The van der Waals surface area contributed by atoms with Crippen LogP contribution in [-0.2, 0) is 4.74 Å². The first-order chi connectivity index (χ1) is 10.6. The largest absolute Gasteiger partial charge is 0.462 e. The molecule has 0 heterocycles. The molecule has 2 aromatic rings. The van der Waals surface area contributed by atoms with Gasteiger partial charge in [0.25, 0.3) is 0 Å². The number of carbonyl (C=O) groups excluding carboxylic acids is 1. The van der Waals surface area contributed by atoms with Crippen LogP contribution in [0.3, 0.4) is 0 Å². The van der Waals surface area contributed by atoms with E-state index in [1.54, 1.807) is 49.4 Å². The van der Waals surface area contributed by atoms with Gasteiger partial charge in [-0.15, -0.1) is 0 Å². The predicted molar refractivity (Wildman–Crippen MR) is 88.6 cm³/mol. The summed E-state index contributed by atoms with van der Waals surface area (Å²) in [7, 11) is 0. The number of thiocarbonyl (C=S) groups is 1. The van der Waals surface area contributed by atoms with Crippen molar-refractivity contribution in [3.05, 3.63) is 59.9 Å². The van der Waals surface area contributed by atoms with Gasteiger partial charge in [0.05, 0.1) is 17.9 Å². The van der Waals surface area contributed by atoms with E-state index in [0.717, 1.165) is 0 Å². The molecule has 4 nitrogen and oxygen atoms in total. The lowest BCUT2D eigenvalue weighted by Crippen LogP contribution is -2.19. The molecule has 0 saturated heterocycles. The van der Waals surface area contributed by atoms with E-state index in [9.17, 15) is 9.18 Å². The Bertz CT molecular complexity index is 674. The summed E-state index contributed by atoms with van der Waals surface area (Å²) in [4.78, 5) is 11.5. The Labute approximate surface area is 133 Å². The maximum atomic E-state index is 13.5. The van der Waals surface area contributed by atoms with E-state index in [0.29, 0.717) is 23.5 Å². The monoisotopic (exact) mass is 318 g/mol. The Hall–Kier alpha value is -2.47. The van der Waals surface area contributed by atoms with Gasteiger partial charge in [0.15, 0.2) is 5.11 Å². The summed E-state index contributed by atoms with van der Waals surface area (Å²) in [6, 6.07) is 12.9. The zero-order valence-electron chi connectivity index (χ0n) is 11.9. The first-order valence-electron chi connectivity index (χ1n) is 6.70. The SMILES string of the molecule is CCOC(=O)c1ccc(NC(=S)Nc2ccccc2F)cc1. The molecule has 0 bridgehead atoms. The van der Waals surface area contributed by atoms with Crippen LogP contribution in [0.4, 0.5) is 15.8 Å². The van der Waals surface area contributed by atoms with E-state index in [-0.39, 0.29) is 16.9 Å². The number of carbonyl (C=O) groups is 1. The summed E-state index contributed by atoms with van der Waals surface area (Å²) >= 11 is 5.12. The van der Waals surface area contributed by atoms with Crippen molar-refractivity contribution in [3.63, 3.8) is 0 Å². The number of ether oxygens (including phenoxy) is 1. The number of benzene rings is 2. The van der Waals surface area contributed by atoms with Crippen LogP contribution in [0.2, 0.25) is 0 Å². The second-order valence-corrected chi connectivity index (χ2v) is 4.77. The van der Waals surface area contributed by atoms with Gasteiger partial charge in [-0.2, -0.15) is 0 Å². The number of nitrogens with one attached hydrogen (secondary N) is 2. The number of hydrogen-bond acceptors (Lipinski definition) is 3. The van der Waals surface area contributed by atoms with E-state index < -0.39 is 0 Å². The van der Waals surface area contributed by atoms with Gasteiger partial charge >= 0.3 is 5.97 Å². The summed E-state index contributed by atoms with van der Waals surface area (Å²) in [5, 5.41) is 5.95. The van der Waals surface area contributed by atoms with Crippen LogP contribution in [0.5, 0.6) is 0 Å². The van der Waals surface area contributed by atoms with E-state index >= 15 is 0 Å². The Morgan fingerprint density at radius 2 is 1.82 bits per heavy atom. The van der Waals surface area contributed by atoms with Gasteiger partial charge in [0.1, 0.15) is 5.82 Å². The van der Waals surface area contributed by atoms with Crippen LogP contribution in [-0.4, -0.2) is 17.7 Å². The Morgan fingerprint density at radius 1 is 1.14 bits per heavy atom. The van der Waals surface area contributed by atoms with Gasteiger partial charge < -0.3 is 15.4 Å². The molecule has 0 unspecified atom stereocenters. The molecular formula is C16H15FN2O2S. The Balaban J connectivity index is 1.97. The Morgan fingerprint density at radius 3 is 2.45 bits per heavy atom. The molecule has 6 heteroatoms. The minimum Gasteiger partial charge on any atom is -0.462 e. The molecule has 22 heavy (non-hydrogen) atoms. The molecule has 0 radical (unpaired) electrons. The van der Waals surface area contributed by atoms with Gasteiger partial charge in [0.2, 0.25) is 0 Å². The minimum absolute atomic E-state index is 0.258. The average molecular weight is 318 g/mol. The molecule has 0 aromatic heterocycles. The molecule has 0 atom stereocenters. The molecule has 2 rings (SSSR count). The zero-order chi connectivity index (χ0) is 15.9. The van der Waals surface area contributed by atoms with Crippen molar-refractivity contribution in [2.75, 3.05) is 17.2 Å². The number of esters is 1. The summed E-state index contributed by atoms with van der Waals surface area (Å²) in [5.74, 6) is -0.759. The normalized spacial score (nSPS) is 9.91. The van der Waals surface area contributed by atoms with Crippen molar-refractivity contribution in [1.82, 2.24) is 0 Å². The molecule has 0 saturated carbocycles. The van der Waals surface area contributed by atoms with Crippen molar-refractivity contribution >= 4 is 34.7 Å². The topological polar surface area (TPSA) is 50.4 Å². The van der Waals surface area contributed by atoms with E-state index in [4.69, 9.17) is 17.0 Å². The number of halogens is 1. The van der Waals surface area contributed by atoms with Gasteiger partial charge in [-0.05, 0) is 55.5 Å². The second kappa shape index (κ2) is 7.51. The van der Waals surface area contributed by atoms with Crippen LogP contribution in [0.1, 0.15) is 17.3 Å². The first-order valence-corrected chi connectivity index (χ1v) is 7.10. The minimum atomic E-state index is -0.385. The fourth-order valence-electron chi connectivity index (χ4n) is 1.75. The van der Waals surface area contributed by atoms with Gasteiger partial charge in [-0.1, -0.05) is 12.1 Å². The van der Waals surface area contributed by atoms with Crippen LogP contribution >= 0.6 is 12.2 Å². The van der Waals surface area contributed by atoms with Crippen LogP contribution in [0, 0.1) is 5.82 Å². The number of para-hydroxylation sites is 1. The van der Waals surface area contributed by atoms with Gasteiger partial charge in [-0.25, -0.2) is 9.18 Å². The standard InChI is InChI=1S/C16H15FN2O2S/c1-2-21-15(20)11-7-9-12(10-8-11)18-16(22)19-14-6-4-3-5-13(14)17/h3-10H,2H2,1H3,(H2,18,19,22). The van der Waals surface area contributed by atoms with Crippen molar-refractivity contribution < 1.29 is 13.9 Å². The quantitative estimate of drug-likeness (QED) is 0.663. The first kappa shape index (κ1) is 15.9. The molecule has 2 aromatic carbocycles. The predicted octanol–water partition coefficient (Wildman–Crippen LogP) is 3.81. The molecular weight excluding hydrogens is 303 g/mol. The van der Waals surface area contributed by atoms with Crippen LogP contribution in [0.25, 0.3) is 0 Å². The molecule has 0 spiro atoms. The lowest BCUT2D eigenvalue weighted by atomic mass is 10.2. The molecule has 0 fully saturated rings. The number of rotatable bonds is 4. The van der Waals surface area contributed by atoms with Gasteiger partial charge in [-0.3, -0.25) is 0 Å². The molecule has 2 N–H and O–H groups in total. The summed E-state index contributed by atoms with van der Waals surface area (Å²) in [6.07, 6.45) is 0. The molecule has 0 aliphatic carbocycles. The fourth-order valence-corrected chi connectivity index (χ4v) is 1.98. The van der Waals surface area contributed by atoms with Crippen molar-refractivity contribution in [2.24, 2.45) is 0 Å².